The van der Waals surface area contributed by atoms with Gasteiger partial charge in [0, 0.05) is 16.0 Å². The first-order valence-electron chi connectivity index (χ1n) is 15.6. The number of halogens is 3. The van der Waals surface area contributed by atoms with Gasteiger partial charge in [0.25, 0.3) is 0 Å². The lowest BCUT2D eigenvalue weighted by Crippen LogP contribution is -2.53. The van der Waals surface area contributed by atoms with Crippen LogP contribution < -0.4 is 9.80 Å². The van der Waals surface area contributed by atoms with E-state index in [-0.39, 0.29) is 18.7 Å². The summed E-state index contributed by atoms with van der Waals surface area (Å²) in [4.78, 5) is 60.4. The number of imide groups is 2. The topological polar surface area (TPSA) is 95.0 Å². The van der Waals surface area contributed by atoms with Crippen LogP contribution >= 0.6 is 23.2 Å². The zero-order chi connectivity index (χ0) is 33.5. The molecule has 0 spiro atoms. The predicted octanol–water partition coefficient (Wildman–Crippen LogP) is 7.21. The number of allylic oxidation sites excluding steroid dienone is 2. The Morgan fingerprint density at radius 1 is 0.729 bits per heavy atom. The van der Waals surface area contributed by atoms with Crippen LogP contribution in [0.2, 0.25) is 10.0 Å². The van der Waals surface area contributed by atoms with Gasteiger partial charge in [-0.15, -0.1) is 0 Å². The van der Waals surface area contributed by atoms with E-state index in [1.165, 1.54) is 17.0 Å². The number of phenolic OH excluding ortho intramolecular Hbond substituents is 1. The van der Waals surface area contributed by atoms with E-state index in [4.69, 9.17) is 23.2 Å². The first-order valence-corrected chi connectivity index (χ1v) is 16.4. The van der Waals surface area contributed by atoms with Crippen molar-refractivity contribution in [3.05, 3.63) is 136 Å². The molecule has 2 heterocycles. The average Bonchev–Trinajstić information content (AvgIpc) is 3.47. The van der Waals surface area contributed by atoms with Crippen LogP contribution in [0.25, 0.3) is 0 Å². The van der Waals surface area contributed by atoms with Crippen LogP contribution in [0.3, 0.4) is 0 Å². The van der Waals surface area contributed by atoms with Gasteiger partial charge in [-0.2, -0.15) is 0 Å². The number of phenols is 1. The molecule has 8 rings (SSSR count). The molecule has 6 atom stereocenters. The highest BCUT2D eigenvalue weighted by Crippen LogP contribution is 2.64. The van der Waals surface area contributed by atoms with Gasteiger partial charge < -0.3 is 5.11 Å². The SMILES string of the molecule is O=C1C2CC=C3C(CC4C(=O)N(c5cccc(Cl)c5)C(=O)C4(c4ccccc4)C3c3ccc(O)c(F)c3)C2C(=O)N1c1ccc(Cl)cc1. The third kappa shape index (κ3) is 4.25. The Morgan fingerprint density at radius 3 is 2.19 bits per heavy atom. The van der Waals surface area contributed by atoms with Gasteiger partial charge in [0.15, 0.2) is 11.6 Å². The Balaban J connectivity index is 1.35. The minimum Gasteiger partial charge on any atom is -0.505 e. The van der Waals surface area contributed by atoms with Crippen molar-refractivity contribution in [2.75, 3.05) is 9.80 Å². The normalized spacial score (nSPS) is 27.9. The van der Waals surface area contributed by atoms with Gasteiger partial charge in [-0.3, -0.25) is 24.1 Å². The van der Waals surface area contributed by atoms with Gasteiger partial charge in [-0.05, 0) is 84.5 Å². The van der Waals surface area contributed by atoms with Gasteiger partial charge in [0.1, 0.15) is 0 Å². The quantitative estimate of drug-likeness (QED) is 0.182. The van der Waals surface area contributed by atoms with E-state index in [0.29, 0.717) is 38.1 Å². The van der Waals surface area contributed by atoms with Crippen molar-refractivity contribution in [2.24, 2.45) is 23.7 Å². The third-order valence-electron chi connectivity index (χ3n) is 10.6. The maximum atomic E-state index is 15.2. The second kappa shape index (κ2) is 11.1. The fourth-order valence-corrected chi connectivity index (χ4v) is 8.98. The zero-order valence-electron chi connectivity index (χ0n) is 25.2. The van der Waals surface area contributed by atoms with Crippen LogP contribution in [0.5, 0.6) is 5.75 Å². The molecule has 7 nitrogen and oxygen atoms in total. The first-order chi connectivity index (χ1) is 23.1. The molecule has 48 heavy (non-hydrogen) atoms. The second-order valence-electron chi connectivity index (χ2n) is 12.8. The van der Waals surface area contributed by atoms with E-state index in [1.807, 2.05) is 12.1 Å². The standard InChI is InChI=1S/C38H27Cl2FN2O5/c39-22-10-12-24(13-11-22)42-34(45)27-15-14-26-28(32(27)36(42)47)19-29-35(46)43(25-8-4-7-23(40)18-25)37(48)38(29,21-5-2-1-3-6-21)33(26)20-9-16-31(44)30(41)17-20/h1-14,16-18,27-29,32-33,44H,15,19H2. The average molecular weight is 682 g/mol. The number of fused-ring (bicyclic) bond motifs is 4. The smallest absolute Gasteiger partial charge is 0.246 e. The number of benzene rings is 4. The summed E-state index contributed by atoms with van der Waals surface area (Å²) in [5.41, 5.74) is 0.781. The fourth-order valence-electron chi connectivity index (χ4n) is 8.67. The van der Waals surface area contributed by atoms with E-state index in [9.17, 15) is 19.5 Å². The molecule has 4 aliphatic rings. The number of aromatic hydroxyl groups is 1. The Morgan fingerprint density at radius 2 is 1.48 bits per heavy atom. The first kappa shape index (κ1) is 30.5. The van der Waals surface area contributed by atoms with Crippen molar-refractivity contribution in [2.45, 2.75) is 24.2 Å². The Kier molecular flexibility index (Phi) is 7.09. The molecule has 240 valence electrons. The molecule has 2 aliphatic heterocycles. The summed E-state index contributed by atoms with van der Waals surface area (Å²) in [6, 6.07) is 25.9. The molecule has 4 aromatic rings. The molecule has 3 fully saturated rings. The van der Waals surface area contributed by atoms with Crippen LogP contribution in [-0.4, -0.2) is 28.7 Å². The van der Waals surface area contributed by atoms with Crippen LogP contribution in [0, 0.1) is 29.5 Å². The molecule has 1 saturated carbocycles. The van der Waals surface area contributed by atoms with Gasteiger partial charge in [0.05, 0.1) is 34.5 Å². The molecule has 2 saturated heterocycles. The highest BCUT2D eigenvalue weighted by molar-refractivity contribution is 6.32. The Bertz CT molecular complexity index is 2070. The highest BCUT2D eigenvalue weighted by Gasteiger charge is 2.70. The van der Waals surface area contributed by atoms with Crippen molar-refractivity contribution in [3.8, 4) is 5.75 Å². The van der Waals surface area contributed by atoms with Gasteiger partial charge in [-0.1, -0.05) is 77.3 Å². The van der Waals surface area contributed by atoms with Crippen molar-refractivity contribution in [1.29, 1.82) is 0 Å². The lowest BCUT2D eigenvalue weighted by Gasteiger charge is -2.50. The monoisotopic (exact) mass is 680 g/mol. The van der Waals surface area contributed by atoms with Crippen LogP contribution in [0.15, 0.2) is 109 Å². The lowest BCUT2D eigenvalue weighted by atomic mass is 9.49. The maximum absolute atomic E-state index is 15.2. The second-order valence-corrected chi connectivity index (χ2v) is 13.7. The third-order valence-corrected chi connectivity index (χ3v) is 11.0. The summed E-state index contributed by atoms with van der Waals surface area (Å²) >= 11 is 12.4. The summed E-state index contributed by atoms with van der Waals surface area (Å²) in [7, 11) is 0. The van der Waals surface area contributed by atoms with E-state index in [1.54, 1.807) is 78.9 Å². The number of carbonyl (C=O) groups excluding carboxylic acids is 4. The number of hydrogen-bond donors (Lipinski definition) is 1. The van der Waals surface area contributed by atoms with Crippen LogP contribution in [-0.2, 0) is 24.6 Å². The van der Waals surface area contributed by atoms with Crippen molar-refractivity contribution >= 4 is 58.2 Å². The minimum atomic E-state index is -1.54. The summed E-state index contributed by atoms with van der Waals surface area (Å²) in [5.74, 6) is -7.14. The van der Waals surface area contributed by atoms with Crippen molar-refractivity contribution < 1.29 is 28.7 Å². The molecule has 0 radical (unpaired) electrons. The van der Waals surface area contributed by atoms with Gasteiger partial charge in [-0.25, -0.2) is 9.29 Å². The molecule has 10 heteroatoms. The molecular weight excluding hydrogens is 654 g/mol. The Hall–Kier alpha value is -4.79. The highest BCUT2D eigenvalue weighted by atomic mass is 35.5. The molecule has 0 bridgehead atoms. The van der Waals surface area contributed by atoms with Crippen molar-refractivity contribution in [1.82, 2.24) is 0 Å². The maximum Gasteiger partial charge on any atom is 0.246 e. The molecule has 4 aromatic carbocycles. The zero-order valence-corrected chi connectivity index (χ0v) is 26.7. The number of amides is 4. The number of carbonyl (C=O) groups is 4. The van der Waals surface area contributed by atoms with Gasteiger partial charge in [0.2, 0.25) is 23.6 Å². The summed E-state index contributed by atoms with van der Waals surface area (Å²) in [6.45, 7) is 0. The van der Waals surface area contributed by atoms with Crippen molar-refractivity contribution in [3.63, 3.8) is 0 Å². The molecule has 0 aromatic heterocycles. The number of nitrogens with zero attached hydrogens (tertiary/aromatic N) is 2. The lowest BCUT2D eigenvalue weighted by molar-refractivity contribution is -0.127. The van der Waals surface area contributed by atoms with E-state index in [0.717, 1.165) is 4.90 Å². The van der Waals surface area contributed by atoms with E-state index < -0.39 is 64.3 Å². The molecule has 6 unspecified atom stereocenters. The largest absolute Gasteiger partial charge is 0.505 e. The number of rotatable bonds is 4. The fraction of sp³-hybridized carbons (Fsp3) is 0.211. The number of anilines is 2. The Labute approximate surface area is 285 Å². The number of hydrogen-bond acceptors (Lipinski definition) is 5. The van der Waals surface area contributed by atoms with Gasteiger partial charge >= 0.3 is 0 Å². The summed E-state index contributed by atoms with van der Waals surface area (Å²) < 4.78 is 15.2. The minimum absolute atomic E-state index is 0.105. The summed E-state index contributed by atoms with van der Waals surface area (Å²) in [5, 5.41) is 11.0. The molecule has 1 N–H and O–H groups in total. The van der Waals surface area contributed by atoms with E-state index >= 15 is 9.18 Å². The van der Waals surface area contributed by atoms with Crippen LogP contribution in [0.1, 0.15) is 29.9 Å². The van der Waals surface area contributed by atoms with Crippen LogP contribution in [0.4, 0.5) is 15.8 Å². The molecule has 2 aliphatic carbocycles. The summed E-state index contributed by atoms with van der Waals surface area (Å²) in [6.07, 6.45) is 2.23. The predicted molar refractivity (Wildman–Crippen MR) is 178 cm³/mol. The molecular formula is C38H27Cl2FN2O5. The molecule has 4 amide bonds. The van der Waals surface area contributed by atoms with E-state index in [2.05, 4.69) is 0 Å².